The second-order valence-corrected chi connectivity index (χ2v) is 3.63. The summed E-state index contributed by atoms with van der Waals surface area (Å²) in [5.41, 5.74) is 0. The number of aliphatic hydroxyl groups excluding tert-OH is 1. The molecule has 4 nitrogen and oxygen atoms in total. The van der Waals surface area contributed by atoms with Gasteiger partial charge in [-0.2, -0.15) is 0 Å². The summed E-state index contributed by atoms with van der Waals surface area (Å²) in [7, 11) is 0. The van der Waals surface area contributed by atoms with Gasteiger partial charge in [0.05, 0.1) is 0 Å². The molecular formula is C9H18N2O2. The van der Waals surface area contributed by atoms with Crippen molar-refractivity contribution in [2.24, 2.45) is 0 Å². The maximum Gasteiger partial charge on any atom is 0.320 e. The van der Waals surface area contributed by atoms with Crippen LogP contribution in [0.3, 0.4) is 0 Å². The molecule has 1 heterocycles. The minimum absolute atomic E-state index is 0.114. The van der Waals surface area contributed by atoms with Crippen LogP contribution >= 0.6 is 0 Å². The molecule has 1 fully saturated rings. The molecule has 0 aliphatic carbocycles. The lowest BCUT2D eigenvalue weighted by Crippen LogP contribution is -2.36. The maximum absolute atomic E-state index is 11.6. The fraction of sp³-hybridized carbons (Fsp3) is 0.889. The van der Waals surface area contributed by atoms with Gasteiger partial charge in [0.15, 0.2) is 0 Å². The van der Waals surface area contributed by atoms with Gasteiger partial charge in [-0.25, -0.2) is 4.79 Å². The van der Waals surface area contributed by atoms with Gasteiger partial charge in [0, 0.05) is 32.3 Å². The van der Waals surface area contributed by atoms with Gasteiger partial charge < -0.3 is 14.9 Å². The molecule has 2 amide bonds. The molecule has 76 valence electrons. The molecule has 1 aliphatic heterocycles. The highest BCUT2D eigenvalue weighted by Gasteiger charge is 2.29. The molecular weight excluding hydrogens is 168 g/mol. The van der Waals surface area contributed by atoms with Crippen LogP contribution in [0.4, 0.5) is 4.79 Å². The van der Waals surface area contributed by atoms with Gasteiger partial charge >= 0.3 is 6.03 Å². The van der Waals surface area contributed by atoms with Crippen molar-refractivity contribution in [2.75, 3.05) is 26.2 Å². The normalized spacial score (nSPS) is 17.7. The van der Waals surface area contributed by atoms with Crippen LogP contribution < -0.4 is 0 Å². The maximum atomic E-state index is 11.6. The van der Waals surface area contributed by atoms with Gasteiger partial charge in [-0.15, -0.1) is 0 Å². The van der Waals surface area contributed by atoms with E-state index in [2.05, 4.69) is 0 Å². The van der Waals surface area contributed by atoms with Crippen LogP contribution in [0.2, 0.25) is 0 Å². The van der Waals surface area contributed by atoms with Crippen molar-refractivity contribution in [1.29, 1.82) is 0 Å². The fourth-order valence-electron chi connectivity index (χ4n) is 1.55. The molecule has 0 bridgehead atoms. The topological polar surface area (TPSA) is 43.8 Å². The third-order valence-electron chi connectivity index (χ3n) is 2.34. The molecule has 1 aliphatic rings. The molecule has 1 N–H and O–H groups in total. The number of aliphatic hydroxyl groups is 1. The van der Waals surface area contributed by atoms with Gasteiger partial charge in [0.1, 0.15) is 0 Å². The Bertz CT molecular complexity index is 182. The first kappa shape index (κ1) is 10.3. The van der Waals surface area contributed by atoms with Gasteiger partial charge in [0.25, 0.3) is 0 Å². The first-order valence-corrected chi connectivity index (χ1v) is 4.83. The number of urea groups is 1. The van der Waals surface area contributed by atoms with Crippen LogP contribution in [-0.4, -0.2) is 53.2 Å². The molecule has 0 aromatic rings. The largest absolute Gasteiger partial charge is 0.396 e. The SMILES string of the molecule is CC(C)N1CCN(CCCO)C1=O. The first-order chi connectivity index (χ1) is 6.16. The lowest BCUT2D eigenvalue weighted by molar-refractivity contribution is 0.179. The van der Waals surface area contributed by atoms with Crippen LogP contribution in [0, 0.1) is 0 Å². The summed E-state index contributed by atoms with van der Waals surface area (Å²) in [4.78, 5) is 15.3. The number of hydrogen-bond donors (Lipinski definition) is 1. The van der Waals surface area contributed by atoms with Crippen LogP contribution in [0.1, 0.15) is 20.3 Å². The summed E-state index contributed by atoms with van der Waals surface area (Å²) in [6, 6.07) is 0.398. The number of carbonyl (C=O) groups excluding carboxylic acids is 1. The number of amides is 2. The summed E-state index contributed by atoms with van der Waals surface area (Å²) in [5.74, 6) is 0. The molecule has 1 rings (SSSR count). The second kappa shape index (κ2) is 4.46. The van der Waals surface area contributed by atoms with Crippen LogP contribution in [0.25, 0.3) is 0 Å². The van der Waals surface area contributed by atoms with Crippen molar-refractivity contribution < 1.29 is 9.90 Å². The molecule has 13 heavy (non-hydrogen) atoms. The van der Waals surface area contributed by atoms with E-state index in [-0.39, 0.29) is 18.7 Å². The van der Waals surface area contributed by atoms with Gasteiger partial charge in [0.2, 0.25) is 0 Å². The smallest absolute Gasteiger partial charge is 0.320 e. The van der Waals surface area contributed by atoms with Crippen molar-refractivity contribution in [3.8, 4) is 0 Å². The molecule has 0 aromatic carbocycles. The Labute approximate surface area is 79.1 Å². The standard InChI is InChI=1S/C9H18N2O2/c1-8(2)11-6-5-10(9(11)13)4-3-7-12/h8,12H,3-7H2,1-2H3. The summed E-state index contributed by atoms with van der Waals surface area (Å²) in [5, 5.41) is 8.64. The first-order valence-electron chi connectivity index (χ1n) is 4.83. The highest BCUT2D eigenvalue weighted by atomic mass is 16.3. The molecule has 0 saturated carbocycles. The highest BCUT2D eigenvalue weighted by molar-refractivity contribution is 5.76. The molecule has 0 unspecified atom stereocenters. The summed E-state index contributed by atoms with van der Waals surface area (Å²) in [6.07, 6.45) is 0.678. The summed E-state index contributed by atoms with van der Waals surface area (Å²) < 4.78 is 0. The minimum Gasteiger partial charge on any atom is -0.396 e. The van der Waals surface area contributed by atoms with Crippen molar-refractivity contribution in [1.82, 2.24) is 9.80 Å². The predicted octanol–water partition coefficient (Wildman–Crippen LogP) is 0.515. The van der Waals surface area contributed by atoms with Gasteiger partial charge in [-0.3, -0.25) is 0 Å². The lowest BCUT2D eigenvalue weighted by atomic mass is 10.3. The Balaban J connectivity index is 2.41. The van der Waals surface area contributed by atoms with Crippen molar-refractivity contribution in [2.45, 2.75) is 26.3 Å². The molecule has 4 heteroatoms. The lowest BCUT2D eigenvalue weighted by Gasteiger charge is -2.21. The molecule has 0 aromatic heterocycles. The van der Waals surface area contributed by atoms with Gasteiger partial charge in [-0.1, -0.05) is 0 Å². The molecule has 1 saturated heterocycles. The Morgan fingerprint density at radius 3 is 2.62 bits per heavy atom. The Kier molecular flexibility index (Phi) is 3.54. The van der Waals surface area contributed by atoms with Crippen LogP contribution in [0.15, 0.2) is 0 Å². The zero-order chi connectivity index (χ0) is 9.84. The van der Waals surface area contributed by atoms with Crippen LogP contribution in [-0.2, 0) is 0 Å². The summed E-state index contributed by atoms with van der Waals surface area (Å²) in [6.45, 7) is 6.50. The zero-order valence-electron chi connectivity index (χ0n) is 8.36. The Morgan fingerprint density at radius 2 is 2.15 bits per heavy atom. The number of hydrogen-bond acceptors (Lipinski definition) is 2. The second-order valence-electron chi connectivity index (χ2n) is 3.63. The van der Waals surface area contributed by atoms with Gasteiger partial charge in [-0.05, 0) is 20.3 Å². The Morgan fingerprint density at radius 1 is 1.46 bits per heavy atom. The van der Waals surface area contributed by atoms with E-state index in [4.69, 9.17) is 5.11 Å². The quantitative estimate of drug-likeness (QED) is 0.695. The van der Waals surface area contributed by atoms with E-state index >= 15 is 0 Å². The third-order valence-corrected chi connectivity index (χ3v) is 2.34. The van der Waals surface area contributed by atoms with Crippen molar-refractivity contribution in [3.63, 3.8) is 0 Å². The number of carbonyl (C=O) groups is 1. The Hall–Kier alpha value is -0.770. The van der Waals surface area contributed by atoms with Crippen molar-refractivity contribution >= 4 is 6.03 Å². The predicted molar refractivity (Wildman–Crippen MR) is 50.5 cm³/mol. The van der Waals surface area contributed by atoms with E-state index in [0.717, 1.165) is 13.1 Å². The van der Waals surface area contributed by atoms with E-state index < -0.39 is 0 Å². The number of nitrogens with zero attached hydrogens (tertiary/aromatic N) is 2. The third kappa shape index (κ3) is 2.34. The van der Waals surface area contributed by atoms with E-state index in [1.807, 2.05) is 18.7 Å². The van der Waals surface area contributed by atoms with E-state index in [0.29, 0.717) is 13.0 Å². The van der Waals surface area contributed by atoms with E-state index in [1.54, 1.807) is 4.90 Å². The molecule has 0 spiro atoms. The average molecular weight is 186 g/mol. The van der Waals surface area contributed by atoms with Crippen molar-refractivity contribution in [3.05, 3.63) is 0 Å². The monoisotopic (exact) mass is 186 g/mol. The average Bonchev–Trinajstić information content (AvgIpc) is 2.43. The molecule has 0 atom stereocenters. The van der Waals surface area contributed by atoms with E-state index in [1.165, 1.54) is 0 Å². The fourth-order valence-corrected chi connectivity index (χ4v) is 1.55. The minimum atomic E-state index is 0.114. The molecule has 0 radical (unpaired) electrons. The van der Waals surface area contributed by atoms with E-state index in [9.17, 15) is 4.79 Å². The van der Waals surface area contributed by atoms with Crippen LogP contribution in [0.5, 0.6) is 0 Å². The highest BCUT2D eigenvalue weighted by Crippen LogP contribution is 2.11. The number of rotatable bonds is 4. The summed E-state index contributed by atoms with van der Waals surface area (Å²) >= 11 is 0. The zero-order valence-corrected chi connectivity index (χ0v) is 8.36.